The van der Waals surface area contributed by atoms with Gasteiger partial charge in [-0.05, 0) is 26.8 Å². The van der Waals surface area contributed by atoms with Crippen LogP contribution in [0.15, 0.2) is 6.20 Å². The van der Waals surface area contributed by atoms with Crippen molar-refractivity contribution in [2.24, 2.45) is 5.84 Å². The molecular formula is C11H19ClN6. The van der Waals surface area contributed by atoms with Crippen molar-refractivity contribution in [2.45, 2.75) is 31.8 Å². The van der Waals surface area contributed by atoms with Gasteiger partial charge in [0.1, 0.15) is 5.02 Å². The highest BCUT2D eigenvalue weighted by atomic mass is 35.5. The van der Waals surface area contributed by atoms with Crippen LogP contribution in [0.3, 0.4) is 0 Å². The summed E-state index contributed by atoms with van der Waals surface area (Å²) in [6.07, 6.45) is 3.69. The molecule has 7 heteroatoms. The summed E-state index contributed by atoms with van der Waals surface area (Å²) in [5, 5.41) is 3.88. The number of halogens is 1. The second-order valence-electron chi connectivity index (χ2n) is 4.73. The van der Waals surface area contributed by atoms with Crippen LogP contribution in [0.25, 0.3) is 0 Å². The quantitative estimate of drug-likeness (QED) is 0.568. The SMILES string of the molecule is CC1CC(Nc2nc(NN)ncc2Cl)CCN1C. The number of nitrogens with zero attached hydrogens (tertiary/aromatic N) is 3. The van der Waals surface area contributed by atoms with Gasteiger partial charge in [-0.15, -0.1) is 0 Å². The summed E-state index contributed by atoms with van der Waals surface area (Å²) in [6.45, 7) is 3.30. The molecule has 1 aromatic heterocycles. The van der Waals surface area contributed by atoms with E-state index in [1.165, 1.54) is 0 Å². The number of anilines is 2. The summed E-state index contributed by atoms with van der Waals surface area (Å²) in [5.74, 6) is 6.29. The molecule has 18 heavy (non-hydrogen) atoms. The average Bonchev–Trinajstić information content (AvgIpc) is 2.36. The third-order valence-corrected chi connectivity index (χ3v) is 3.70. The number of hydrogen-bond acceptors (Lipinski definition) is 6. The molecule has 0 spiro atoms. The Morgan fingerprint density at radius 2 is 2.33 bits per heavy atom. The molecule has 0 bridgehead atoms. The first-order valence-corrected chi connectivity index (χ1v) is 6.44. The van der Waals surface area contributed by atoms with Crippen molar-refractivity contribution >= 4 is 23.4 Å². The minimum atomic E-state index is 0.364. The second kappa shape index (κ2) is 5.69. The predicted molar refractivity (Wildman–Crippen MR) is 73.6 cm³/mol. The smallest absolute Gasteiger partial charge is 0.239 e. The lowest BCUT2D eigenvalue weighted by Crippen LogP contribution is -2.42. The van der Waals surface area contributed by atoms with Crippen molar-refractivity contribution in [2.75, 3.05) is 24.3 Å². The van der Waals surface area contributed by atoms with Gasteiger partial charge in [-0.25, -0.2) is 10.8 Å². The Labute approximate surface area is 112 Å². The highest BCUT2D eigenvalue weighted by Gasteiger charge is 2.23. The van der Waals surface area contributed by atoms with Gasteiger partial charge in [0.2, 0.25) is 5.95 Å². The summed E-state index contributed by atoms with van der Waals surface area (Å²) in [4.78, 5) is 10.5. The maximum Gasteiger partial charge on any atom is 0.239 e. The Hall–Kier alpha value is -1.11. The molecule has 1 aliphatic heterocycles. The Morgan fingerprint density at radius 3 is 3.00 bits per heavy atom. The number of nitrogens with two attached hydrogens (primary N) is 1. The number of likely N-dealkylation sites (tertiary alicyclic amines) is 1. The molecule has 0 amide bonds. The highest BCUT2D eigenvalue weighted by Crippen LogP contribution is 2.24. The van der Waals surface area contributed by atoms with Crippen LogP contribution < -0.4 is 16.6 Å². The molecule has 100 valence electrons. The molecule has 4 N–H and O–H groups in total. The molecule has 2 rings (SSSR count). The zero-order chi connectivity index (χ0) is 13.1. The molecule has 0 aliphatic carbocycles. The highest BCUT2D eigenvalue weighted by molar-refractivity contribution is 6.32. The fraction of sp³-hybridized carbons (Fsp3) is 0.636. The summed E-state index contributed by atoms with van der Waals surface area (Å²) in [7, 11) is 2.15. The molecule has 2 heterocycles. The largest absolute Gasteiger partial charge is 0.366 e. The lowest BCUT2D eigenvalue weighted by Gasteiger charge is -2.35. The van der Waals surface area contributed by atoms with Gasteiger partial charge < -0.3 is 10.2 Å². The minimum absolute atomic E-state index is 0.364. The molecule has 0 radical (unpaired) electrons. The maximum atomic E-state index is 6.07. The molecule has 2 atom stereocenters. The second-order valence-corrected chi connectivity index (χ2v) is 5.14. The third kappa shape index (κ3) is 3.01. The lowest BCUT2D eigenvalue weighted by molar-refractivity contribution is 0.190. The summed E-state index contributed by atoms with van der Waals surface area (Å²) in [5.41, 5.74) is 2.42. The fourth-order valence-corrected chi connectivity index (χ4v) is 2.30. The number of rotatable bonds is 3. The number of piperidine rings is 1. The molecule has 1 saturated heterocycles. The average molecular weight is 271 g/mol. The van der Waals surface area contributed by atoms with Gasteiger partial charge in [0, 0.05) is 18.6 Å². The van der Waals surface area contributed by atoms with Crippen molar-refractivity contribution < 1.29 is 0 Å². The van der Waals surface area contributed by atoms with Crippen molar-refractivity contribution in [1.29, 1.82) is 0 Å². The number of aromatic nitrogens is 2. The van der Waals surface area contributed by atoms with Crippen LogP contribution in [0.5, 0.6) is 0 Å². The third-order valence-electron chi connectivity index (χ3n) is 3.42. The topological polar surface area (TPSA) is 79.1 Å². The van der Waals surface area contributed by atoms with Crippen molar-refractivity contribution in [3.63, 3.8) is 0 Å². The molecule has 6 nitrogen and oxygen atoms in total. The Kier molecular flexibility index (Phi) is 4.21. The first-order chi connectivity index (χ1) is 8.60. The van der Waals surface area contributed by atoms with Crippen LogP contribution >= 0.6 is 11.6 Å². The molecule has 1 aromatic rings. The monoisotopic (exact) mass is 270 g/mol. The Bertz CT molecular complexity index is 413. The van der Waals surface area contributed by atoms with E-state index in [1.54, 1.807) is 6.20 Å². The van der Waals surface area contributed by atoms with E-state index in [9.17, 15) is 0 Å². The van der Waals surface area contributed by atoms with Crippen LogP contribution in [-0.2, 0) is 0 Å². The molecular weight excluding hydrogens is 252 g/mol. The van der Waals surface area contributed by atoms with Crippen LogP contribution in [0.4, 0.5) is 11.8 Å². The van der Waals surface area contributed by atoms with Crippen LogP contribution in [-0.4, -0.2) is 40.5 Å². The van der Waals surface area contributed by atoms with Gasteiger partial charge in [0.15, 0.2) is 5.82 Å². The van der Waals surface area contributed by atoms with Gasteiger partial charge in [0.25, 0.3) is 0 Å². The predicted octanol–water partition coefficient (Wildman–Crippen LogP) is 1.31. The van der Waals surface area contributed by atoms with Crippen LogP contribution in [0.1, 0.15) is 19.8 Å². The first-order valence-electron chi connectivity index (χ1n) is 6.06. The van der Waals surface area contributed by atoms with Crippen molar-refractivity contribution in [3.05, 3.63) is 11.2 Å². The van der Waals surface area contributed by atoms with Gasteiger partial charge >= 0.3 is 0 Å². The van der Waals surface area contributed by atoms with Gasteiger partial charge in [-0.3, -0.25) is 5.43 Å². The lowest BCUT2D eigenvalue weighted by atomic mass is 9.99. The van der Waals surface area contributed by atoms with Crippen molar-refractivity contribution in [3.8, 4) is 0 Å². The zero-order valence-electron chi connectivity index (χ0n) is 10.7. The van der Waals surface area contributed by atoms with E-state index in [4.69, 9.17) is 17.4 Å². The summed E-state index contributed by atoms with van der Waals surface area (Å²) < 4.78 is 0. The van der Waals surface area contributed by atoms with E-state index < -0.39 is 0 Å². The maximum absolute atomic E-state index is 6.07. The Balaban J connectivity index is 2.05. The van der Waals surface area contributed by atoms with E-state index in [2.05, 4.69) is 39.6 Å². The number of nitrogens with one attached hydrogen (secondary N) is 2. The van der Waals surface area contributed by atoms with E-state index in [0.29, 0.717) is 28.9 Å². The minimum Gasteiger partial charge on any atom is -0.366 e. The van der Waals surface area contributed by atoms with Crippen LogP contribution in [0, 0.1) is 0 Å². The molecule has 0 aromatic carbocycles. The van der Waals surface area contributed by atoms with Gasteiger partial charge in [-0.2, -0.15) is 4.98 Å². The van der Waals surface area contributed by atoms with Crippen LogP contribution in [0.2, 0.25) is 5.02 Å². The number of hydrazine groups is 1. The Morgan fingerprint density at radius 1 is 1.56 bits per heavy atom. The summed E-state index contributed by atoms with van der Waals surface area (Å²) in [6, 6.07) is 0.943. The van der Waals surface area contributed by atoms with Crippen molar-refractivity contribution in [1.82, 2.24) is 14.9 Å². The van der Waals surface area contributed by atoms with Gasteiger partial charge in [0.05, 0.1) is 6.20 Å². The first kappa shape index (κ1) is 13.3. The van der Waals surface area contributed by atoms with E-state index >= 15 is 0 Å². The molecule has 1 fully saturated rings. The standard InChI is InChI=1S/C11H19ClN6/c1-7-5-8(3-4-18(7)2)15-10-9(12)6-14-11(16-10)17-13/h6-8H,3-5,13H2,1-2H3,(H2,14,15,16,17). The van der Waals surface area contributed by atoms with E-state index in [1.807, 2.05) is 0 Å². The number of nitrogen functional groups attached to an aromatic ring is 1. The zero-order valence-corrected chi connectivity index (χ0v) is 11.4. The van der Waals surface area contributed by atoms with Gasteiger partial charge in [-0.1, -0.05) is 11.6 Å². The number of hydrogen-bond donors (Lipinski definition) is 3. The van der Waals surface area contributed by atoms with E-state index in [0.717, 1.165) is 19.4 Å². The molecule has 1 aliphatic rings. The molecule has 2 unspecified atom stereocenters. The summed E-state index contributed by atoms with van der Waals surface area (Å²) >= 11 is 6.07. The molecule has 0 saturated carbocycles. The fourth-order valence-electron chi connectivity index (χ4n) is 2.15. The normalized spacial score (nSPS) is 24.9. The van der Waals surface area contributed by atoms with E-state index in [-0.39, 0.29) is 0 Å².